The molecule has 1 aromatic carbocycles. The topological polar surface area (TPSA) is 60.9 Å². The van der Waals surface area contributed by atoms with Crippen LogP contribution in [0, 0.1) is 5.82 Å². The van der Waals surface area contributed by atoms with Crippen LogP contribution in [-0.2, 0) is 0 Å². The van der Waals surface area contributed by atoms with Gasteiger partial charge in [-0.05, 0) is 38.0 Å². The minimum atomic E-state index is -0.762. The zero-order valence-electron chi connectivity index (χ0n) is 11.5. The van der Waals surface area contributed by atoms with Crippen LogP contribution in [0.25, 0.3) is 10.9 Å². The molecule has 0 aliphatic rings. The van der Waals surface area contributed by atoms with Crippen LogP contribution < -0.4 is 5.32 Å². The number of H-pyrrole nitrogens is 1. The minimum absolute atomic E-state index is 0.0518. The Balaban J connectivity index is 2.21. The number of hydrogen-bond acceptors (Lipinski definition) is 3. The van der Waals surface area contributed by atoms with Crippen molar-refractivity contribution in [2.24, 2.45) is 0 Å². The Bertz CT molecular complexity index is 565. The van der Waals surface area contributed by atoms with Crippen molar-refractivity contribution in [3.8, 4) is 0 Å². The number of hydrogen-bond donors (Lipinski definition) is 3. The number of benzene rings is 1. The summed E-state index contributed by atoms with van der Waals surface area (Å²) in [6.45, 7) is 6.60. The molecular weight excluding hydrogens is 245 g/mol. The zero-order valence-corrected chi connectivity index (χ0v) is 11.5. The highest BCUT2D eigenvalue weighted by Crippen LogP contribution is 2.24. The SMILES string of the molecule is CCC(C)(C)NC[C@H](O)c1cc(F)cc2[nH]ncc12. The predicted octanol–water partition coefficient (Wildman–Crippen LogP) is 2.51. The van der Waals surface area contributed by atoms with Crippen LogP contribution in [-0.4, -0.2) is 27.4 Å². The van der Waals surface area contributed by atoms with Gasteiger partial charge in [-0.3, -0.25) is 5.10 Å². The Morgan fingerprint density at radius 1 is 1.47 bits per heavy atom. The normalized spacial score (nSPS) is 13.9. The molecule has 3 N–H and O–H groups in total. The second kappa shape index (κ2) is 5.27. The van der Waals surface area contributed by atoms with E-state index < -0.39 is 6.10 Å². The second-order valence-electron chi connectivity index (χ2n) is 5.46. The van der Waals surface area contributed by atoms with E-state index in [9.17, 15) is 9.50 Å². The first kappa shape index (κ1) is 14.0. The highest BCUT2D eigenvalue weighted by atomic mass is 19.1. The third kappa shape index (κ3) is 3.11. The van der Waals surface area contributed by atoms with E-state index in [4.69, 9.17) is 0 Å². The molecule has 0 fully saturated rings. The van der Waals surface area contributed by atoms with Gasteiger partial charge in [-0.15, -0.1) is 0 Å². The third-order valence-corrected chi connectivity index (χ3v) is 3.57. The van der Waals surface area contributed by atoms with Gasteiger partial charge >= 0.3 is 0 Å². The smallest absolute Gasteiger partial charge is 0.125 e. The maximum Gasteiger partial charge on any atom is 0.125 e. The Morgan fingerprint density at radius 3 is 2.89 bits per heavy atom. The molecule has 1 heterocycles. The molecule has 104 valence electrons. The van der Waals surface area contributed by atoms with E-state index in [2.05, 4.69) is 36.3 Å². The van der Waals surface area contributed by atoms with Crippen molar-refractivity contribution >= 4 is 10.9 Å². The summed E-state index contributed by atoms with van der Waals surface area (Å²) < 4.78 is 13.5. The number of β-amino-alcohol motifs (C(OH)–C–C–N with tert-alkyl or cyclic N) is 1. The van der Waals surface area contributed by atoms with Gasteiger partial charge in [-0.25, -0.2) is 4.39 Å². The standard InChI is InChI=1S/C14H20FN3O/c1-4-14(2,3)16-8-13(19)10-5-9(15)6-12-11(10)7-17-18-12/h5-7,13,16,19H,4,8H2,1-3H3,(H,17,18)/t13-/m0/s1. The maximum atomic E-state index is 13.5. The summed E-state index contributed by atoms with van der Waals surface area (Å²) in [5.41, 5.74) is 1.11. The summed E-state index contributed by atoms with van der Waals surface area (Å²) in [4.78, 5) is 0. The van der Waals surface area contributed by atoms with Crippen molar-refractivity contribution in [2.45, 2.75) is 38.8 Å². The van der Waals surface area contributed by atoms with E-state index in [0.29, 0.717) is 17.6 Å². The number of aliphatic hydroxyl groups excluding tert-OH is 1. The van der Waals surface area contributed by atoms with Gasteiger partial charge < -0.3 is 10.4 Å². The van der Waals surface area contributed by atoms with E-state index in [1.54, 1.807) is 6.20 Å². The van der Waals surface area contributed by atoms with Gasteiger partial charge in [-0.2, -0.15) is 5.10 Å². The first-order valence-corrected chi connectivity index (χ1v) is 6.48. The lowest BCUT2D eigenvalue weighted by atomic mass is 10.00. The van der Waals surface area contributed by atoms with Crippen molar-refractivity contribution in [2.75, 3.05) is 6.54 Å². The number of halogens is 1. The Morgan fingerprint density at radius 2 is 2.21 bits per heavy atom. The molecule has 1 atom stereocenters. The summed E-state index contributed by atoms with van der Waals surface area (Å²) in [5, 5.41) is 20.9. The number of aromatic amines is 1. The van der Waals surface area contributed by atoms with Gasteiger partial charge in [0.25, 0.3) is 0 Å². The number of aromatic nitrogens is 2. The average Bonchev–Trinajstić information content (AvgIpc) is 2.83. The number of aliphatic hydroxyl groups is 1. The lowest BCUT2D eigenvalue weighted by molar-refractivity contribution is 0.161. The summed E-state index contributed by atoms with van der Waals surface area (Å²) in [7, 11) is 0. The van der Waals surface area contributed by atoms with Crippen LogP contribution in [0.5, 0.6) is 0 Å². The van der Waals surface area contributed by atoms with Gasteiger partial charge in [0.05, 0.1) is 17.8 Å². The molecule has 19 heavy (non-hydrogen) atoms. The molecule has 2 aromatic rings. The molecule has 0 spiro atoms. The van der Waals surface area contributed by atoms with Gasteiger partial charge in [0, 0.05) is 17.5 Å². The lowest BCUT2D eigenvalue weighted by Crippen LogP contribution is -2.40. The van der Waals surface area contributed by atoms with Crippen molar-refractivity contribution in [1.29, 1.82) is 0 Å². The molecule has 0 bridgehead atoms. The van der Waals surface area contributed by atoms with Crippen molar-refractivity contribution < 1.29 is 9.50 Å². The minimum Gasteiger partial charge on any atom is -0.387 e. The molecular formula is C14H20FN3O. The molecule has 0 amide bonds. The summed E-state index contributed by atoms with van der Waals surface area (Å²) in [6.07, 6.45) is 1.80. The fraction of sp³-hybridized carbons (Fsp3) is 0.500. The summed E-state index contributed by atoms with van der Waals surface area (Å²) in [6, 6.07) is 2.74. The number of nitrogens with zero attached hydrogens (tertiary/aromatic N) is 1. The molecule has 0 saturated carbocycles. The van der Waals surface area contributed by atoms with Crippen LogP contribution in [0.15, 0.2) is 18.3 Å². The molecule has 0 radical (unpaired) electrons. The van der Waals surface area contributed by atoms with E-state index in [1.165, 1.54) is 12.1 Å². The fourth-order valence-electron chi connectivity index (χ4n) is 1.93. The molecule has 0 saturated heterocycles. The molecule has 1 aromatic heterocycles. The lowest BCUT2D eigenvalue weighted by Gasteiger charge is -2.26. The quantitative estimate of drug-likeness (QED) is 0.778. The van der Waals surface area contributed by atoms with Gasteiger partial charge in [0.2, 0.25) is 0 Å². The average molecular weight is 265 g/mol. The molecule has 0 aliphatic carbocycles. The maximum absolute atomic E-state index is 13.5. The predicted molar refractivity (Wildman–Crippen MR) is 73.4 cm³/mol. The molecule has 0 aliphatic heterocycles. The first-order chi connectivity index (χ1) is 8.93. The highest BCUT2D eigenvalue weighted by Gasteiger charge is 2.19. The monoisotopic (exact) mass is 265 g/mol. The van der Waals surface area contributed by atoms with E-state index in [1.807, 2.05) is 0 Å². The number of fused-ring (bicyclic) bond motifs is 1. The van der Waals surface area contributed by atoms with Gasteiger partial charge in [0.1, 0.15) is 5.82 Å². The van der Waals surface area contributed by atoms with Crippen molar-refractivity contribution in [3.63, 3.8) is 0 Å². The molecule has 5 heteroatoms. The van der Waals surface area contributed by atoms with Crippen molar-refractivity contribution in [1.82, 2.24) is 15.5 Å². The molecule has 2 rings (SSSR count). The fourth-order valence-corrected chi connectivity index (χ4v) is 1.93. The van der Waals surface area contributed by atoms with Gasteiger partial charge in [-0.1, -0.05) is 6.92 Å². The van der Waals surface area contributed by atoms with E-state index >= 15 is 0 Å². The Labute approximate surface area is 112 Å². The summed E-state index contributed by atoms with van der Waals surface area (Å²) >= 11 is 0. The van der Waals surface area contributed by atoms with Crippen LogP contribution in [0.3, 0.4) is 0 Å². The van der Waals surface area contributed by atoms with Crippen molar-refractivity contribution in [3.05, 3.63) is 29.7 Å². The van der Waals surface area contributed by atoms with E-state index in [-0.39, 0.29) is 11.4 Å². The highest BCUT2D eigenvalue weighted by molar-refractivity contribution is 5.82. The largest absolute Gasteiger partial charge is 0.387 e. The van der Waals surface area contributed by atoms with E-state index in [0.717, 1.165) is 11.8 Å². The third-order valence-electron chi connectivity index (χ3n) is 3.57. The first-order valence-electron chi connectivity index (χ1n) is 6.48. The summed E-state index contributed by atoms with van der Waals surface area (Å²) in [5.74, 6) is -0.374. The molecule has 4 nitrogen and oxygen atoms in total. The van der Waals surface area contributed by atoms with Crippen LogP contribution in [0.2, 0.25) is 0 Å². The second-order valence-corrected chi connectivity index (χ2v) is 5.46. The molecule has 0 unspecified atom stereocenters. The van der Waals surface area contributed by atoms with Crippen LogP contribution >= 0.6 is 0 Å². The van der Waals surface area contributed by atoms with Crippen LogP contribution in [0.4, 0.5) is 4.39 Å². The zero-order chi connectivity index (χ0) is 14.0. The van der Waals surface area contributed by atoms with Gasteiger partial charge in [0.15, 0.2) is 0 Å². The number of rotatable bonds is 5. The Kier molecular flexibility index (Phi) is 3.87. The van der Waals surface area contributed by atoms with Crippen LogP contribution in [0.1, 0.15) is 38.9 Å². The number of nitrogens with one attached hydrogen (secondary N) is 2. The Hall–Kier alpha value is -1.46.